The number of hydrogen-bond donors (Lipinski definition) is 1. The smallest absolute Gasteiger partial charge is 0.164 e. The van der Waals surface area contributed by atoms with E-state index in [0.29, 0.717) is 0 Å². The summed E-state index contributed by atoms with van der Waals surface area (Å²) in [6, 6.07) is 2.09. The van der Waals surface area contributed by atoms with E-state index >= 15 is 0 Å². The van der Waals surface area contributed by atoms with Crippen LogP contribution < -0.4 is 14.8 Å². The van der Waals surface area contributed by atoms with Crippen LogP contribution >= 0.6 is 15.9 Å². The highest BCUT2D eigenvalue weighted by Crippen LogP contribution is 2.40. The third-order valence-electron chi connectivity index (χ3n) is 4.44. The molecule has 0 aliphatic carbocycles. The Morgan fingerprint density at radius 2 is 1.95 bits per heavy atom. The van der Waals surface area contributed by atoms with E-state index in [1.54, 1.807) is 0 Å². The summed E-state index contributed by atoms with van der Waals surface area (Å²) in [4.78, 5) is 2.53. The standard InChI is InChI=1S/C17H25BrN2O2/c1-2-13-14(4-7-20-8-5-19-6-9-20)15(18)12-16-17(13)22-11-3-10-21-16/h12,19H,2-11H2,1H3. The Morgan fingerprint density at radius 1 is 1.18 bits per heavy atom. The second-order valence-electron chi connectivity index (χ2n) is 5.89. The van der Waals surface area contributed by atoms with Gasteiger partial charge in [-0.3, -0.25) is 0 Å². The minimum atomic E-state index is 0.739. The number of halogens is 1. The van der Waals surface area contributed by atoms with Crippen molar-refractivity contribution < 1.29 is 9.47 Å². The average Bonchev–Trinajstić information content (AvgIpc) is 2.78. The first-order chi connectivity index (χ1) is 10.8. The van der Waals surface area contributed by atoms with Crippen LogP contribution in [0.4, 0.5) is 0 Å². The summed E-state index contributed by atoms with van der Waals surface area (Å²) in [5.41, 5.74) is 2.69. The monoisotopic (exact) mass is 368 g/mol. The van der Waals surface area contributed by atoms with Gasteiger partial charge in [0.05, 0.1) is 13.2 Å². The van der Waals surface area contributed by atoms with Gasteiger partial charge in [0, 0.05) is 49.2 Å². The predicted molar refractivity (Wildman–Crippen MR) is 92.1 cm³/mol. The van der Waals surface area contributed by atoms with Gasteiger partial charge in [-0.1, -0.05) is 22.9 Å². The van der Waals surface area contributed by atoms with Crippen LogP contribution in [-0.4, -0.2) is 50.8 Å². The van der Waals surface area contributed by atoms with Gasteiger partial charge in [0.1, 0.15) is 0 Å². The Hall–Kier alpha value is -0.780. The molecule has 4 nitrogen and oxygen atoms in total. The molecule has 1 aromatic rings. The lowest BCUT2D eigenvalue weighted by Crippen LogP contribution is -2.44. The molecule has 0 amide bonds. The number of rotatable bonds is 4. The fraction of sp³-hybridized carbons (Fsp3) is 0.647. The molecule has 0 spiro atoms. The minimum absolute atomic E-state index is 0.739. The highest BCUT2D eigenvalue weighted by molar-refractivity contribution is 9.10. The second kappa shape index (κ2) is 7.66. The molecule has 5 heteroatoms. The zero-order valence-corrected chi connectivity index (χ0v) is 14.9. The molecule has 2 aliphatic heterocycles. The van der Waals surface area contributed by atoms with Crippen LogP contribution in [0.3, 0.4) is 0 Å². The number of hydrogen-bond acceptors (Lipinski definition) is 4. The van der Waals surface area contributed by atoms with Gasteiger partial charge in [0.2, 0.25) is 0 Å². The Kier molecular flexibility index (Phi) is 5.61. The fourth-order valence-corrected chi connectivity index (χ4v) is 3.87. The largest absolute Gasteiger partial charge is 0.490 e. The zero-order chi connectivity index (χ0) is 15.4. The van der Waals surface area contributed by atoms with Crippen molar-refractivity contribution in [2.24, 2.45) is 0 Å². The van der Waals surface area contributed by atoms with E-state index in [2.05, 4.69) is 39.1 Å². The lowest BCUT2D eigenvalue weighted by molar-refractivity contribution is 0.243. The molecule has 1 N–H and O–H groups in total. The molecule has 1 saturated heterocycles. The molecule has 0 saturated carbocycles. The van der Waals surface area contributed by atoms with Crippen LogP contribution in [0.1, 0.15) is 24.5 Å². The van der Waals surface area contributed by atoms with E-state index in [1.165, 1.54) is 11.1 Å². The molecule has 0 aromatic heterocycles. The summed E-state index contributed by atoms with van der Waals surface area (Å²) in [7, 11) is 0. The Bertz CT molecular complexity index is 516. The summed E-state index contributed by atoms with van der Waals surface area (Å²) < 4.78 is 13.0. The maximum Gasteiger partial charge on any atom is 0.164 e. The molecule has 22 heavy (non-hydrogen) atoms. The van der Waals surface area contributed by atoms with Crippen LogP contribution in [0.25, 0.3) is 0 Å². The van der Waals surface area contributed by atoms with E-state index in [1.807, 2.05) is 0 Å². The van der Waals surface area contributed by atoms with E-state index in [-0.39, 0.29) is 0 Å². The highest BCUT2D eigenvalue weighted by atomic mass is 79.9. The molecule has 2 aliphatic rings. The minimum Gasteiger partial charge on any atom is -0.490 e. The maximum absolute atomic E-state index is 5.99. The predicted octanol–water partition coefficient (Wildman–Crippen LogP) is 2.62. The number of nitrogens with one attached hydrogen (secondary N) is 1. The van der Waals surface area contributed by atoms with Gasteiger partial charge >= 0.3 is 0 Å². The average molecular weight is 369 g/mol. The number of fused-ring (bicyclic) bond motifs is 1. The quantitative estimate of drug-likeness (QED) is 0.885. The van der Waals surface area contributed by atoms with E-state index in [0.717, 1.165) is 81.2 Å². The van der Waals surface area contributed by atoms with Gasteiger partial charge in [-0.25, -0.2) is 0 Å². The van der Waals surface area contributed by atoms with Crippen molar-refractivity contribution in [2.45, 2.75) is 26.2 Å². The Morgan fingerprint density at radius 3 is 2.73 bits per heavy atom. The number of ether oxygens (including phenoxy) is 2. The summed E-state index contributed by atoms with van der Waals surface area (Å²) in [5.74, 6) is 1.87. The van der Waals surface area contributed by atoms with Gasteiger partial charge in [0.15, 0.2) is 11.5 Å². The third kappa shape index (κ3) is 3.58. The molecule has 1 aromatic carbocycles. The normalized spacial score (nSPS) is 19.0. The van der Waals surface area contributed by atoms with Crippen molar-refractivity contribution in [3.05, 3.63) is 21.7 Å². The summed E-state index contributed by atoms with van der Waals surface area (Å²) in [5, 5.41) is 3.41. The Labute approximate surface area is 141 Å². The Balaban J connectivity index is 1.81. The van der Waals surface area contributed by atoms with Crippen LogP contribution in [0.5, 0.6) is 11.5 Å². The zero-order valence-electron chi connectivity index (χ0n) is 13.3. The molecule has 0 unspecified atom stereocenters. The van der Waals surface area contributed by atoms with Crippen molar-refractivity contribution in [1.82, 2.24) is 10.2 Å². The molecule has 0 radical (unpaired) electrons. The molecule has 122 valence electrons. The summed E-state index contributed by atoms with van der Waals surface area (Å²) in [6.07, 6.45) is 2.98. The number of piperazine rings is 1. The first-order valence-electron chi connectivity index (χ1n) is 8.32. The van der Waals surface area contributed by atoms with Crippen molar-refractivity contribution >= 4 is 15.9 Å². The molecule has 2 heterocycles. The highest BCUT2D eigenvalue weighted by Gasteiger charge is 2.21. The van der Waals surface area contributed by atoms with Gasteiger partial charge in [0.25, 0.3) is 0 Å². The summed E-state index contributed by atoms with van der Waals surface area (Å²) >= 11 is 3.75. The first-order valence-corrected chi connectivity index (χ1v) is 9.11. The van der Waals surface area contributed by atoms with Crippen molar-refractivity contribution in [3.63, 3.8) is 0 Å². The second-order valence-corrected chi connectivity index (χ2v) is 6.74. The van der Waals surface area contributed by atoms with Crippen LogP contribution in [0.15, 0.2) is 10.5 Å². The van der Waals surface area contributed by atoms with Crippen molar-refractivity contribution in [1.29, 1.82) is 0 Å². The molecular formula is C17H25BrN2O2. The van der Waals surface area contributed by atoms with Crippen LogP contribution in [-0.2, 0) is 12.8 Å². The van der Waals surface area contributed by atoms with Gasteiger partial charge in [-0.15, -0.1) is 0 Å². The molecule has 0 atom stereocenters. The fourth-order valence-electron chi connectivity index (χ4n) is 3.23. The van der Waals surface area contributed by atoms with Gasteiger partial charge in [-0.2, -0.15) is 0 Å². The maximum atomic E-state index is 5.99. The van der Waals surface area contributed by atoms with E-state index < -0.39 is 0 Å². The SMILES string of the molecule is CCc1c(CCN2CCNCC2)c(Br)cc2c1OCCCO2. The lowest BCUT2D eigenvalue weighted by atomic mass is 10.00. The van der Waals surface area contributed by atoms with Crippen LogP contribution in [0, 0.1) is 0 Å². The molecule has 0 bridgehead atoms. The van der Waals surface area contributed by atoms with Crippen molar-refractivity contribution in [2.75, 3.05) is 45.9 Å². The number of nitrogens with zero attached hydrogens (tertiary/aromatic N) is 1. The first kappa shape index (κ1) is 16.1. The topological polar surface area (TPSA) is 33.7 Å². The lowest BCUT2D eigenvalue weighted by Gasteiger charge is -2.28. The third-order valence-corrected chi connectivity index (χ3v) is 5.15. The van der Waals surface area contributed by atoms with Crippen LogP contribution in [0.2, 0.25) is 0 Å². The van der Waals surface area contributed by atoms with Gasteiger partial charge < -0.3 is 19.7 Å². The molecular weight excluding hydrogens is 344 g/mol. The molecule has 3 rings (SSSR count). The van der Waals surface area contributed by atoms with Crippen molar-refractivity contribution in [3.8, 4) is 11.5 Å². The number of benzene rings is 1. The summed E-state index contributed by atoms with van der Waals surface area (Å²) in [6.45, 7) is 9.28. The van der Waals surface area contributed by atoms with E-state index in [4.69, 9.17) is 9.47 Å². The molecule has 1 fully saturated rings. The van der Waals surface area contributed by atoms with Gasteiger partial charge in [-0.05, 0) is 24.5 Å². The van der Waals surface area contributed by atoms with E-state index in [9.17, 15) is 0 Å².